The van der Waals surface area contributed by atoms with Crippen molar-refractivity contribution >= 4 is 44.7 Å². The van der Waals surface area contributed by atoms with Crippen molar-refractivity contribution in [3.8, 4) is 11.5 Å². The maximum absolute atomic E-state index is 14.7. The van der Waals surface area contributed by atoms with Crippen molar-refractivity contribution in [3.05, 3.63) is 76.5 Å². The van der Waals surface area contributed by atoms with Crippen molar-refractivity contribution in [3.63, 3.8) is 0 Å². The lowest BCUT2D eigenvalue weighted by Crippen LogP contribution is -2.48. The molecular weight excluding hydrogens is 557 g/mol. The van der Waals surface area contributed by atoms with E-state index in [9.17, 15) is 14.0 Å². The van der Waals surface area contributed by atoms with Crippen LogP contribution >= 0.6 is 11.3 Å². The Morgan fingerprint density at radius 2 is 1.71 bits per heavy atom. The largest absolute Gasteiger partial charge is 0.486 e. The molecule has 42 heavy (non-hydrogen) atoms. The zero-order chi connectivity index (χ0) is 29.2. The summed E-state index contributed by atoms with van der Waals surface area (Å²) in [5.41, 5.74) is 1.63. The lowest BCUT2D eigenvalue weighted by molar-refractivity contribution is 0.102. The van der Waals surface area contributed by atoms with E-state index in [0.717, 1.165) is 48.6 Å². The van der Waals surface area contributed by atoms with Gasteiger partial charge in [0, 0.05) is 55.4 Å². The molecule has 4 heterocycles. The van der Waals surface area contributed by atoms with Crippen LogP contribution in [-0.4, -0.2) is 72.0 Å². The molecule has 2 amide bonds. The number of ether oxygens (including phenoxy) is 2. The first kappa shape index (κ1) is 28.1. The van der Waals surface area contributed by atoms with Crippen LogP contribution in [0, 0.1) is 5.82 Å². The lowest BCUT2D eigenvalue weighted by atomic mass is 10.1. The van der Waals surface area contributed by atoms with Gasteiger partial charge in [0.1, 0.15) is 23.9 Å². The summed E-state index contributed by atoms with van der Waals surface area (Å²) < 4.78 is 25.7. The SMILES string of the molecule is CC(C)N1CCN(Cc2ccc3cc(C(=O)Nc4cc(NC(=O)c5ccc6c(c5)OCCO6)ccc4F)sc3n2)CC1. The molecule has 0 atom stereocenters. The Hall–Kier alpha value is -4.06. The van der Waals surface area contributed by atoms with Gasteiger partial charge in [-0.2, -0.15) is 0 Å². The van der Waals surface area contributed by atoms with Crippen molar-refractivity contribution in [2.24, 2.45) is 0 Å². The Labute approximate surface area is 247 Å². The third-order valence-electron chi connectivity index (χ3n) is 7.46. The highest BCUT2D eigenvalue weighted by molar-refractivity contribution is 7.20. The van der Waals surface area contributed by atoms with Gasteiger partial charge in [-0.15, -0.1) is 11.3 Å². The molecule has 2 N–H and O–H groups in total. The quantitative estimate of drug-likeness (QED) is 0.305. The molecule has 2 aromatic heterocycles. The summed E-state index contributed by atoms with van der Waals surface area (Å²) >= 11 is 1.27. The number of aromatic nitrogens is 1. The Bertz CT molecular complexity index is 1630. The molecule has 1 saturated heterocycles. The van der Waals surface area contributed by atoms with E-state index in [0.29, 0.717) is 46.9 Å². The summed E-state index contributed by atoms with van der Waals surface area (Å²) in [6.07, 6.45) is 0. The average Bonchev–Trinajstić information content (AvgIpc) is 3.43. The maximum Gasteiger partial charge on any atom is 0.265 e. The summed E-state index contributed by atoms with van der Waals surface area (Å²) in [5.74, 6) is -0.379. The summed E-state index contributed by atoms with van der Waals surface area (Å²) in [7, 11) is 0. The highest BCUT2D eigenvalue weighted by Crippen LogP contribution is 2.31. The zero-order valence-corrected chi connectivity index (χ0v) is 24.3. The molecule has 6 rings (SSSR count). The van der Waals surface area contributed by atoms with Gasteiger partial charge in [-0.25, -0.2) is 9.37 Å². The first-order chi connectivity index (χ1) is 20.3. The number of hydrogen-bond donors (Lipinski definition) is 2. The minimum Gasteiger partial charge on any atom is -0.486 e. The highest BCUT2D eigenvalue weighted by Gasteiger charge is 2.20. The molecule has 2 aromatic carbocycles. The molecule has 0 aliphatic carbocycles. The monoisotopic (exact) mass is 589 g/mol. The minimum atomic E-state index is -0.611. The summed E-state index contributed by atoms with van der Waals surface area (Å²) in [5, 5.41) is 6.25. The number of carbonyl (C=O) groups is 2. The predicted octanol–water partition coefficient (Wildman–Crippen LogP) is 5.24. The van der Waals surface area contributed by atoms with E-state index in [1.165, 1.54) is 29.5 Å². The van der Waals surface area contributed by atoms with E-state index in [4.69, 9.17) is 14.5 Å². The van der Waals surface area contributed by atoms with Crippen LogP contribution in [0.4, 0.5) is 15.8 Å². The molecule has 1 fully saturated rings. The van der Waals surface area contributed by atoms with Crippen LogP contribution < -0.4 is 20.1 Å². The van der Waals surface area contributed by atoms with Gasteiger partial charge >= 0.3 is 0 Å². The molecule has 9 nitrogen and oxygen atoms in total. The van der Waals surface area contributed by atoms with Crippen LogP contribution in [0.5, 0.6) is 11.5 Å². The Balaban J connectivity index is 1.11. The fourth-order valence-electron chi connectivity index (χ4n) is 5.09. The molecule has 2 aliphatic rings. The molecule has 11 heteroatoms. The van der Waals surface area contributed by atoms with Crippen molar-refractivity contribution in [1.29, 1.82) is 0 Å². The molecule has 0 unspecified atom stereocenters. The van der Waals surface area contributed by atoms with Gasteiger partial charge in [0.25, 0.3) is 11.8 Å². The molecule has 2 aliphatic heterocycles. The number of rotatable bonds is 7. The van der Waals surface area contributed by atoms with Crippen LogP contribution in [0.15, 0.2) is 54.6 Å². The van der Waals surface area contributed by atoms with E-state index < -0.39 is 17.6 Å². The molecule has 0 radical (unpaired) electrons. The molecule has 0 saturated carbocycles. The van der Waals surface area contributed by atoms with E-state index in [-0.39, 0.29) is 5.69 Å². The van der Waals surface area contributed by atoms with Crippen LogP contribution in [0.1, 0.15) is 39.6 Å². The highest BCUT2D eigenvalue weighted by atomic mass is 32.1. The summed E-state index contributed by atoms with van der Waals surface area (Å²) in [4.78, 5) is 36.8. The average molecular weight is 590 g/mol. The second-order valence-electron chi connectivity index (χ2n) is 10.7. The number of nitrogens with zero attached hydrogens (tertiary/aromatic N) is 3. The van der Waals surface area contributed by atoms with Crippen molar-refractivity contribution in [1.82, 2.24) is 14.8 Å². The predicted molar refractivity (Wildman–Crippen MR) is 161 cm³/mol. The number of nitrogens with one attached hydrogen (secondary N) is 2. The van der Waals surface area contributed by atoms with Gasteiger partial charge < -0.3 is 20.1 Å². The summed E-state index contributed by atoms with van der Waals surface area (Å²) in [6.45, 7) is 10.2. The molecule has 4 aromatic rings. The lowest BCUT2D eigenvalue weighted by Gasteiger charge is -2.36. The second kappa shape index (κ2) is 12.0. The van der Waals surface area contributed by atoms with Crippen molar-refractivity contribution in [2.75, 3.05) is 50.0 Å². The molecular formula is C31H32FN5O4S. The Kier molecular flexibility index (Phi) is 8.05. The molecule has 0 bridgehead atoms. The van der Waals surface area contributed by atoms with Crippen LogP contribution in [-0.2, 0) is 6.54 Å². The van der Waals surface area contributed by atoms with Gasteiger partial charge in [0.15, 0.2) is 11.5 Å². The van der Waals surface area contributed by atoms with Gasteiger partial charge in [-0.05, 0) is 62.4 Å². The smallest absolute Gasteiger partial charge is 0.265 e. The number of amides is 2. The fourth-order valence-corrected chi connectivity index (χ4v) is 6.04. The number of piperazine rings is 1. The number of anilines is 2. The van der Waals surface area contributed by atoms with Gasteiger partial charge in [-0.1, -0.05) is 6.07 Å². The minimum absolute atomic E-state index is 0.0355. The van der Waals surface area contributed by atoms with E-state index >= 15 is 0 Å². The van der Waals surface area contributed by atoms with Crippen LogP contribution in [0.2, 0.25) is 0 Å². The van der Waals surface area contributed by atoms with E-state index in [2.05, 4.69) is 34.3 Å². The Morgan fingerprint density at radius 1 is 0.929 bits per heavy atom. The Morgan fingerprint density at radius 3 is 2.50 bits per heavy atom. The number of fused-ring (bicyclic) bond motifs is 2. The first-order valence-corrected chi connectivity index (χ1v) is 14.8. The van der Waals surface area contributed by atoms with Gasteiger partial charge in [0.05, 0.1) is 16.3 Å². The third kappa shape index (κ3) is 6.23. The number of halogens is 1. The number of benzene rings is 2. The number of carbonyl (C=O) groups excluding carboxylic acids is 2. The van der Waals surface area contributed by atoms with Crippen molar-refractivity contribution < 1.29 is 23.5 Å². The number of hydrogen-bond acceptors (Lipinski definition) is 8. The molecule has 0 spiro atoms. The zero-order valence-electron chi connectivity index (χ0n) is 23.5. The first-order valence-electron chi connectivity index (χ1n) is 14.0. The fraction of sp³-hybridized carbons (Fsp3) is 0.323. The number of thiophene rings is 1. The van der Waals surface area contributed by atoms with E-state index in [1.54, 1.807) is 24.3 Å². The van der Waals surface area contributed by atoms with Gasteiger partial charge in [0.2, 0.25) is 0 Å². The third-order valence-corrected chi connectivity index (χ3v) is 8.51. The topological polar surface area (TPSA) is 96.0 Å². The van der Waals surface area contributed by atoms with Gasteiger partial charge in [-0.3, -0.25) is 19.4 Å². The van der Waals surface area contributed by atoms with Crippen LogP contribution in [0.25, 0.3) is 10.2 Å². The second-order valence-corrected chi connectivity index (χ2v) is 11.7. The molecule has 218 valence electrons. The number of pyridine rings is 1. The van der Waals surface area contributed by atoms with Crippen molar-refractivity contribution in [2.45, 2.75) is 26.4 Å². The summed E-state index contributed by atoms with van der Waals surface area (Å²) in [6, 6.07) is 15.2. The van der Waals surface area contributed by atoms with E-state index in [1.807, 2.05) is 12.1 Å². The maximum atomic E-state index is 14.7. The standard InChI is InChI=1S/C31H32FN5O4S/c1-19(2)37-11-9-36(10-12-37)18-23-5-3-21-16-28(42-31(21)34-23)30(39)35-25-17-22(6-7-24(25)32)33-29(38)20-4-8-26-27(15-20)41-14-13-40-26/h3-8,15-17,19H,9-14,18H2,1-2H3,(H,33,38)(H,35,39). The van der Waals surface area contributed by atoms with Crippen LogP contribution in [0.3, 0.4) is 0 Å². The normalized spacial score (nSPS) is 15.6.